The second-order valence-corrected chi connectivity index (χ2v) is 10.9. The molecule has 1 aromatic carbocycles. The Morgan fingerprint density at radius 1 is 1.23 bits per heavy atom. The minimum atomic E-state index is -0.398. The van der Waals surface area contributed by atoms with E-state index in [9.17, 15) is 9.59 Å². The molecule has 168 valence electrons. The molecule has 0 spiro atoms. The third-order valence-corrected chi connectivity index (χ3v) is 8.74. The average Bonchev–Trinajstić information content (AvgIpc) is 2.98. The van der Waals surface area contributed by atoms with Gasteiger partial charge in [0.1, 0.15) is 12.3 Å². The number of hydrogen-bond donors (Lipinski definition) is 1. The van der Waals surface area contributed by atoms with Crippen LogP contribution in [0.25, 0.3) is 0 Å². The minimum absolute atomic E-state index is 0. The molecule has 1 aliphatic heterocycles. The summed E-state index contributed by atoms with van der Waals surface area (Å²) < 4.78 is 1.02. The summed E-state index contributed by atoms with van der Waals surface area (Å²) in [6, 6.07) is 7.97. The summed E-state index contributed by atoms with van der Waals surface area (Å²) in [5.74, 6) is 0.510. The van der Waals surface area contributed by atoms with Crippen LogP contribution >= 0.6 is 35.3 Å². The molecule has 31 heavy (non-hydrogen) atoms. The lowest BCUT2D eigenvalue weighted by Gasteiger charge is -2.47. The minimum Gasteiger partial charge on any atom is -0.366 e. The van der Waals surface area contributed by atoms with Gasteiger partial charge >= 0.3 is 0 Å². The number of carbonyl (C=O) groups is 2. The Labute approximate surface area is 199 Å². The summed E-state index contributed by atoms with van der Waals surface area (Å²) >= 11 is 7.56. The van der Waals surface area contributed by atoms with E-state index in [1.54, 1.807) is 23.5 Å². The van der Waals surface area contributed by atoms with Crippen molar-refractivity contribution in [1.82, 2.24) is 0 Å². The number of Topliss-reactive ketones (excluding diaryl/α,β-unsaturated/α-hetero) is 1. The van der Waals surface area contributed by atoms with E-state index >= 15 is 0 Å². The largest absolute Gasteiger partial charge is 0.366 e. The Morgan fingerprint density at radius 3 is 2.48 bits per heavy atom. The number of ketones is 1. The molecule has 2 aromatic rings. The number of halogens is 2. The predicted molar refractivity (Wildman–Crippen MR) is 129 cm³/mol. The fourth-order valence-electron chi connectivity index (χ4n) is 5.00. The molecule has 1 fully saturated rings. The molecule has 0 radical (unpaired) electrons. The van der Waals surface area contributed by atoms with Gasteiger partial charge in [-0.15, -0.1) is 23.7 Å². The highest BCUT2D eigenvalue weighted by molar-refractivity contribution is 7.12. The average molecular weight is 482 g/mol. The predicted octanol–water partition coefficient (Wildman–Crippen LogP) is 4.97. The van der Waals surface area contributed by atoms with Crippen LogP contribution in [0.15, 0.2) is 24.3 Å². The van der Waals surface area contributed by atoms with Crippen LogP contribution in [0.1, 0.15) is 57.4 Å². The van der Waals surface area contributed by atoms with Crippen LogP contribution in [0, 0.1) is 5.92 Å². The molecule has 4 nitrogen and oxygen atoms in total. The molecule has 7 heteroatoms. The van der Waals surface area contributed by atoms with E-state index in [1.165, 1.54) is 24.1 Å². The van der Waals surface area contributed by atoms with Crippen molar-refractivity contribution in [3.63, 3.8) is 0 Å². The zero-order valence-electron chi connectivity index (χ0n) is 18.2. The molecule has 2 N–H and O–H groups in total. The topological polar surface area (TPSA) is 60.2 Å². The summed E-state index contributed by atoms with van der Waals surface area (Å²) in [5.41, 5.74) is 8.41. The molecule has 2 unspecified atom stereocenters. The fraction of sp³-hybridized carbons (Fsp3) is 0.500. The quantitative estimate of drug-likeness (QED) is 0.567. The van der Waals surface area contributed by atoms with Crippen molar-refractivity contribution in [1.29, 1.82) is 0 Å². The number of nitrogens with two attached hydrogens (primary N) is 1. The van der Waals surface area contributed by atoms with Crippen LogP contribution in [-0.4, -0.2) is 35.8 Å². The first-order valence-corrected chi connectivity index (χ1v) is 12.0. The van der Waals surface area contributed by atoms with Gasteiger partial charge in [-0.05, 0) is 43.0 Å². The van der Waals surface area contributed by atoms with Crippen molar-refractivity contribution in [2.45, 2.75) is 58.0 Å². The lowest BCUT2D eigenvalue weighted by Crippen LogP contribution is -2.57. The van der Waals surface area contributed by atoms with Crippen molar-refractivity contribution >= 4 is 47.0 Å². The molecular weight excluding hydrogens is 451 g/mol. The van der Waals surface area contributed by atoms with Crippen LogP contribution in [-0.2, 0) is 30.6 Å². The van der Waals surface area contributed by atoms with Crippen LogP contribution in [0.4, 0.5) is 0 Å². The molecule has 1 aliphatic carbocycles. The van der Waals surface area contributed by atoms with Crippen molar-refractivity contribution < 1.29 is 14.1 Å². The highest BCUT2D eigenvalue weighted by atomic mass is 35.5. The highest BCUT2D eigenvalue weighted by Crippen LogP contribution is 2.41. The number of rotatable bonds is 7. The second kappa shape index (κ2) is 9.62. The summed E-state index contributed by atoms with van der Waals surface area (Å²) in [6.45, 7) is 4.34. The smallest absolute Gasteiger partial charge is 0.250 e. The Hall–Kier alpha value is -1.40. The van der Waals surface area contributed by atoms with Crippen molar-refractivity contribution in [3.05, 3.63) is 55.7 Å². The van der Waals surface area contributed by atoms with Gasteiger partial charge in [0.05, 0.1) is 30.1 Å². The third kappa shape index (κ3) is 5.00. The maximum Gasteiger partial charge on any atom is 0.250 e. The van der Waals surface area contributed by atoms with Crippen LogP contribution < -0.4 is 5.73 Å². The Kier molecular flexibility index (Phi) is 7.52. The summed E-state index contributed by atoms with van der Waals surface area (Å²) in [5, 5.41) is 0.658. The van der Waals surface area contributed by atoms with Gasteiger partial charge in [-0.1, -0.05) is 30.2 Å². The van der Waals surface area contributed by atoms with Gasteiger partial charge in [0.2, 0.25) is 5.91 Å². The molecular formula is C24H31Cl2N2O2S+. The van der Waals surface area contributed by atoms with Gasteiger partial charge in [0, 0.05) is 35.1 Å². The lowest BCUT2D eigenvalue weighted by atomic mass is 9.78. The van der Waals surface area contributed by atoms with Gasteiger partial charge in [0.25, 0.3) is 0 Å². The molecule has 0 bridgehead atoms. The van der Waals surface area contributed by atoms with Crippen LogP contribution in [0.3, 0.4) is 0 Å². The summed E-state index contributed by atoms with van der Waals surface area (Å²) in [7, 11) is 2.35. The number of benzene rings is 1. The number of likely N-dealkylation sites (N-methyl/N-ethyl adjacent to an activating group) is 1. The highest BCUT2D eigenvalue weighted by Gasteiger charge is 2.42. The zero-order chi connectivity index (χ0) is 21.5. The van der Waals surface area contributed by atoms with E-state index in [2.05, 4.69) is 14.0 Å². The first kappa shape index (κ1) is 24.2. The van der Waals surface area contributed by atoms with E-state index in [0.29, 0.717) is 23.0 Å². The maximum absolute atomic E-state index is 12.7. The van der Waals surface area contributed by atoms with E-state index < -0.39 is 5.91 Å². The number of hydrogen-bond acceptors (Lipinski definition) is 3. The van der Waals surface area contributed by atoms with E-state index in [0.717, 1.165) is 45.9 Å². The summed E-state index contributed by atoms with van der Waals surface area (Å²) in [6.07, 6.45) is 5.49. The van der Waals surface area contributed by atoms with Crippen molar-refractivity contribution in [2.75, 3.05) is 13.6 Å². The van der Waals surface area contributed by atoms with Crippen molar-refractivity contribution in [2.24, 2.45) is 11.7 Å². The van der Waals surface area contributed by atoms with E-state index in [4.69, 9.17) is 17.3 Å². The van der Waals surface area contributed by atoms with Gasteiger partial charge in [-0.25, -0.2) is 0 Å². The summed E-state index contributed by atoms with van der Waals surface area (Å²) in [4.78, 5) is 27.1. The number of fused-ring (bicyclic) bond motifs is 1. The molecule has 4 rings (SSSR count). The normalized spacial score (nSPS) is 21.5. The molecule has 0 saturated heterocycles. The lowest BCUT2D eigenvalue weighted by molar-refractivity contribution is -0.950. The number of quaternary nitrogens is 1. The first-order valence-electron chi connectivity index (χ1n) is 10.8. The van der Waals surface area contributed by atoms with Gasteiger partial charge in [-0.2, -0.15) is 0 Å². The SMILES string of the molecule is CC(C1CCC1)[N+]1(C)CCc2c(sc(CC(=O)Cc3ccc(Cl)cc3)c2C(N)=O)C1.Cl. The van der Waals surface area contributed by atoms with Gasteiger partial charge in [0.15, 0.2) is 0 Å². The molecule has 1 saturated carbocycles. The Bertz CT molecular complexity index is 969. The molecule has 2 atom stereocenters. The van der Waals surface area contributed by atoms with Gasteiger partial charge < -0.3 is 10.2 Å². The Balaban J connectivity index is 0.00000272. The first-order chi connectivity index (χ1) is 14.3. The number of nitrogens with zero attached hydrogens (tertiary/aromatic N) is 1. The molecule has 1 amide bonds. The molecule has 2 aliphatic rings. The monoisotopic (exact) mass is 481 g/mol. The number of primary amides is 1. The second-order valence-electron chi connectivity index (χ2n) is 9.23. The third-order valence-electron chi connectivity index (χ3n) is 7.28. The molecule has 2 heterocycles. The van der Waals surface area contributed by atoms with Crippen LogP contribution in [0.5, 0.6) is 0 Å². The molecule has 1 aromatic heterocycles. The van der Waals surface area contributed by atoms with E-state index in [-0.39, 0.29) is 24.6 Å². The van der Waals surface area contributed by atoms with Crippen LogP contribution in [0.2, 0.25) is 5.02 Å². The zero-order valence-corrected chi connectivity index (χ0v) is 20.5. The maximum atomic E-state index is 12.7. The Morgan fingerprint density at radius 2 is 1.90 bits per heavy atom. The standard InChI is InChI=1S/C24H29ClN2O2S.ClH/c1-15(17-4-3-5-17)27(2)11-10-20-22(14-27)30-21(23(20)24(26)29)13-19(28)12-16-6-8-18(25)9-7-16;/h6-9,15,17H,3-5,10-14H2,1-2H3,(H-,26,29);1H/p+1. The van der Waals surface area contributed by atoms with E-state index in [1.807, 2.05) is 12.1 Å². The number of carbonyl (C=O) groups excluding carboxylic acids is 2. The number of amides is 1. The van der Waals surface area contributed by atoms with Gasteiger partial charge in [-0.3, -0.25) is 9.59 Å². The number of thiophene rings is 1. The fourth-order valence-corrected chi connectivity index (χ4v) is 6.67. The van der Waals surface area contributed by atoms with Crippen molar-refractivity contribution in [3.8, 4) is 0 Å².